The predicted molar refractivity (Wildman–Crippen MR) is 95.7 cm³/mol. The van der Waals surface area contributed by atoms with Gasteiger partial charge in [0, 0.05) is 0 Å². The van der Waals surface area contributed by atoms with Gasteiger partial charge in [-0.3, -0.25) is 0 Å². The molecule has 2 rings (SSSR count). The van der Waals surface area contributed by atoms with Gasteiger partial charge in [0.15, 0.2) is 0 Å². The number of hydrogen-bond donors (Lipinski definition) is 3. The van der Waals surface area contributed by atoms with Crippen LogP contribution in [0.4, 0.5) is 0 Å². The topological polar surface area (TPSA) is 73.2 Å². The van der Waals surface area contributed by atoms with Crippen molar-refractivity contribution < 1.29 is 20.1 Å². The highest BCUT2D eigenvalue weighted by Crippen LogP contribution is 2.44. The molecule has 0 aromatic heterocycles. The van der Waals surface area contributed by atoms with E-state index in [0.29, 0.717) is 18.8 Å². The molecule has 2 aliphatic rings. The maximum atomic E-state index is 10.6. The van der Waals surface area contributed by atoms with Gasteiger partial charge in [-0.05, 0) is 63.9 Å². The molecule has 0 bridgehead atoms. The van der Waals surface area contributed by atoms with Gasteiger partial charge in [0.1, 0.15) is 6.10 Å². The van der Waals surface area contributed by atoms with E-state index in [-0.39, 0.29) is 18.3 Å². The van der Waals surface area contributed by atoms with Gasteiger partial charge in [0.2, 0.25) is 0 Å². The van der Waals surface area contributed by atoms with Crippen molar-refractivity contribution in [3.8, 4) is 0 Å². The van der Waals surface area contributed by atoms with Gasteiger partial charge in [-0.15, -0.1) is 0 Å². The van der Waals surface area contributed by atoms with Crippen LogP contribution >= 0.6 is 0 Å². The lowest BCUT2D eigenvalue weighted by molar-refractivity contribution is -0.0433. The van der Waals surface area contributed by atoms with Gasteiger partial charge in [-0.1, -0.05) is 31.6 Å². The van der Waals surface area contributed by atoms with Crippen molar-refractivity contribution in [2.75, 3.05) is 6.61 Å². The molecule has 3 N–H and O–H groups in total. The largest absolute Gasteiger partial charge is 0.392 e. The van der Waals surface area contributed by atoms with E-state index in [1.54, 1.807) is 6.92 Å². The molecule has 1 heterocycles. The number of aliphatic hydroxyl groups is 3. The first-order valence-electron chi connectivity index (χ1n) is 9.25. The highest BCUT2D eigenvalue weighted by atomic mass is 16.6. The highest BCUT2D eigenvalue weighted by Gasteiger charge is 2.50. The molecule has 0 aromatic rings. The molecule has 138 valence electrons. The van der Waals surface area contributed by atoms with Gasteiger partial charge < -0.3 is 20.1 Å². The van der Waals surface area contributed by atoms with E-state index in [1.165, 1.54) is 5.57 Å². The minimum absolute atomic E-state index is 0.0472. The lowest BCUT2D eigenvalue weighted by Crippen LogP contribution is -2.38. The Balaban J connectivity index is 2.20. The molecule has 4 nitrogen and oxygen atoms in total. The van der Waals surface area contributed by atoms with Crippen LogP contribution in [0.5, 0.6) is 0 Å². The van der Waals surface area contributed by atoms with Crippen molar-refractivity contribution in [1.29, 1.82) is 0 Å². The third-order valence-electron chi connectivity index (χ3n) is 5.71. The van der Waals surface area contributed by atoms with E-state index in [1.807, 2.05) is 12.2 Å². The molecular weight excluding hydrogens is 304 g/mol. The summed E-state index contributed by atoms with van der Waals surface area (Å²) in [6.45, 7) is 8.13. The number of epoxide rings is 1. The van der Waals surface area contributed by atoms with Crippen LogP contribution in [0.2, 0.25) is 0 Å². The van der Waals surface area contributed by atoms with Gasteiger partial charge in [0.05, 0.1) is 23.9 Å². The fraction of sp³-hybridized carbons (Fsp3) is 0.800. The van der Waals surface area contributed by atoms with Gasteiger partial charge >= 0.3 is 0 Å². The molecule has 1 saturated heterocycles. The zero-order valence-electron chi connectivity index (χ0n) is 15.6. The first-order valence-corrected chi connectivity index (χ1v) is 9.25. The second kappa shape index (κ2) is 7.69. The third-order valence-corrected chi connectivity index (χ3v) is 5.71. The molecule has 24 heavy (non-hydrogen) atoms. The van der Waals surface area contributed by atoms with Crippen molar-refractivity contribution in [2.24, 2.45) is 5.92 Å². The normalized spacial score (nSPS) is 43.2. The first kappa shape index (κ1) is 19.6. The Morgan fingerprint density at radius 1 is 1.25 bits per heavy atom. The summed E-state index contributed by atoms with van der Waals surface area (Å²) in [5.41, 5.74) is 0.922. The molecule has 1 aliphatic heterocycles. The minimum atomic E-state index is -1.16. The van der Waals surface area contributed by atoms with E-state index in [2.05, 4.69) is 20.8 Å². The van der Waals surface area contributed by atoms with E-state index in [9.17, 15) is 15.3 Å². The van der Waals surface area contributed by atoms with Crippen LogP contribution in [0.1, 0.15) is 66.2 Å². The Labute approximate surface area is 146 Å². The SMILES string of the molecule is CC(C)/C1=C/[C@@H](O)[C@@](C)(O)CC/C=C(\CO)CC[C@@H]2O[C@@]2(C)CC1. The van der Waals surface area contributed by atoms with Crippen molar-refractivity contribution >= 4 is 0 Å². The van der Waals surface area contributed by atoms with Gasteiger partial charge in [0.25, 0.3) is 0 Å². The van der Waals surface area contributed by atoms with E-state index >= 15 is 0 Å². The van der Waals surface area contributed by atoms with Gasteiger partial charge in [-0.25, -0.2) is 0 Å². The van der Waals surface area contributed by atoms with Crippen LogP contribution in [0.3, 0.4) is 0 Å². The van der Waals surface area contributed by atoms with E-state index < -0.39 is 11.7 Å². The number of rotatable bonds is 2. The molecule has 4 heteroatoms. The van der Waals surface area contributed by atoms with Crippen LogP contribution in [-0.4, -0.2) is 45.3 Å². The summed E-state index contributed by atoms with van der Waals surface area (Å²) in [5.74, 6) is 0.338. The summed E-state index contributed by atoms with van der Waals surface area (Å²) in [6.07, 6.45) is 7.90. The molecule has 0 unspecified atom stereocenters. The fourth-order valence-corrected chi connectivity index (χ4v) is 3.49. The Hall–Kier alpha value is -0.680. The lowest BCUT2D eigenvalue weighted by atomic mass is 9.86. The van der Waals surface area contributed by atoms with Gasteiger partial charge in [-0.2, -0.15) is 0 Å². The molecular formula is C20H34O4. The monoisotopic (exact) mass is 338 g/mol. The zero-order valence-corrected chi connectivity index (χ0v) is 15.6. The zero-order chi connectivity index (χ0) is 18.0. The quantitative estimate of drug-likeness (QED) is 0.534. The van der Waals surface area contributed by atoms with E-state index in [4.69, 9.17) is 4.74 Å². The number of aliphatic hydroxyl groups excluding tert-OH is 2. The summed E-state index contributed by atoms with van der Waals surface area (Å²) in [7, 11) is 0. The van der Waals surface area contributed by atoms with Crippen LogP contribution in [0.15, 0.2) is 23.3 Å². The Kier molecular flexibility index (Phi) is 6.29. The molecule has 0 aromatic carbocycles. The second-order valence-corrected chi connectivity index (χ2v) is 8.22. The Morgan fingerprint density at radius 3 is 2.58 bits per heavy atom. The van der Waals surface area contributed by atoms with Crippen LogP contribution in [0.25, 0.3) is 0 Å². The average molecular weight is 338 g/mol. The minimum Gasteiger partial charge on any atom is -0.392 e. The Morgan fingerprint density at radius 2 is 1.96 bits per heavy atom. The molecule has 1 aliphatic carbocycles. The summed E-state index contributed by atoms with van der Waals surface area (Å²) in [6, 6.07) is 0. The maximum Gasteiger partial charge on any atom is 0.101 e. The average Bonchev–Trinajstić information content (AvgIpc) is 3.16. The smallest absolute Gasteiger partial charge is 0.101 e. The maximum absolute atomic E-state index is 10.6. The summed E-state index contributed by atoms with van der Waals surface area (Å²) in [4.78, 5) is 0. The number of ether oxygens (including phenoxy) is 1. The summed E-state index contributed by atoms with van der Waals surface area (Å²) < 4.78 is 5.92. The number of allylic oxidation sites excluding steroid dienone is 2. The molecule has 0 radical (unpaired) electrons. The highest BCUT2D eigenvalue weighted by molar-refractivity contribution is 5.15. The fourth-order valence-electron chi connectivity index (χ4n) is 3.49. The van der Waals surface area contributed by atoms with Crippen LogP contribution < -0.4 is 0 Å². The molecule has 4 atom stereocenters. The van der Waals surface area contributed by atoms with Crippen molar-refractivity contribution in [3.63, 3.8) is 0 Å². The van der Waals surface area contributed by atoms with E-state index in [0.717, 1.165) is 31.3 Å². The molecule has 0 amide bonds. The number of hydrogen-bond acceptors (Lipinski definition) is 4. The first-order chi connectivity index (χ1) is 11.2. The van der Waals surface area contributed by atoms with Crippen molar-refractivity contribution in [1.82, 2.24) is 0 Å². The second-order valence-electron chi connectivity index (χ2n) is 8.22. The third kappa shape index (κ3) is 4.92. The molecule has 0 saturated carbocycles. The lowest BCUT2D eigenvalue weighted by Gasteiger charge is -2.28. The van der Waals surface area contributed by atoms with Crippen LogP contribution in [0, 0.1) is 5.92 Å². The standard InChI is InChI=1S/C20H34O4/c1-14(2)16-9-11-20(4)18(24-20)8-7-15(13-21)6-5-10-19(3,23)17(22)12-16/h6,12,14,17-18,21-23H,5,7-11,13H2,1-4H3/b15-6-,16-12+/t17-,18+,19+,20+/m1/s1. The van der Waals surface area contributed by atoms with Crippen molar-refractivity contribution in [2.45, 2.75) is 89.6 Å². The van der Waals surface area contributed by atoms with Crippen LogP contribution in [-0.2, 0) is 4.74 Å². The summed E-state index contributed by atoms with van der Waals surface area (Å²) >= 11 is 0. The van der Waals surface area contributed by atoms with Crippen molar-refractivity contribution in [3.05, 3.63) is 23.3 Å². The Bertz CT molecular complexity index is 492. The molecule has 0 spiro atoms. The summed E-state index contributed by atoms with van der Waals surface area (Å²) in [5, 5.41) is 30.6. The predicted octanol–water partition coefficient (Wildman–Crippen LogP) is 3.11. The number of fused-ring (bicyclic) bond motifs is 1. The molecule has 1 fully saturated rings.